The zero-order valence-electron chi connectivity index (χ0n) is 16.6. The van der Waals surface area contributed by atoms with Gasteiger partial charge in [0.1, 0.15) is 23.4 Å². The van der Waals surface area contributed by atoms with Crippen molar-refractivity contribution in [2.75, 3.05) is 0 Å². The second kappa shape index (κ2) is 8.48. The van der Waals surface area contributed by atoms with Crippen molar-refractivity contribution >= 4 is 23.2 Å². The average Bonchev–Trinajstić information content (AvgIpc) is 3.38. The Morgan fingerprint density at radius 1 is 1.23 bits per heavy atom. The smallest absolute Gasteiger partial charge is 0.243 e. The van der Waals surface area contributed by atoms with Crippen molar-refractivity contribution in [1.29, 1.82) is 5.26 Å². The highest BCUT2D eigenvalue weighted by molar-refractivity contribution is 5.80. The molecule has 8 heteroatoms. The minimum Gasteiger partial charge on any atom is -0.328 e. The van der Waals surface area contributed by atoms with Gasteiger partial charge in [0.05, 0.1) is 11.6 Å². The molecule has 1 amide bonds. The van der Waals surface area contributed by atoms with E-state index in [1.807, 2.05) is 16.8 Å². The molecule has 0 saturated heterocycles. The van der Waals surface area contributed by atoms with E-state index in [1.54, 1.807) is 12.3 Å². The van der Waals surface area contributed by atoms with Gasteiger partial charge in [-0.15, -0.1) is 0 Å². The summed E-state index contributed by atoms with van der Waals surface area (Å²) in [7, 11) is 0. The van der Waals surface area contributed by atoms with Crippen LogP contribution < -0.4 is 0 Å². The highest BCUT2D eigenvalue weighted by Gasteiger charge is 2.28. The van der Waals surface area contributed by atoms with Gasteiger partial charge in [0.2, 0.25) is 5.91 Å². The molecule has 3 aromatic rings. The number of allylic oxidation sites excluding steroid dienone is 1. The number of hydrazone groups is 1. The summed E-state index contributed by atoms with van der Waals surface area (Å²) in [5, 5.41) is 15.2. The third kappa shape index (κ3) is 4.36. The standard InChI is InChI=1S/C23H19F2N5O/c1-15(14-29-7-5-17-8-16(12-26)13-27-23(17)29)2-3-22(31)30-21(4-6-28-30)18-9-19(24)11-20(25)10-18/h5-11,13,21H,1-4,14H2. The number of carbonyl (C=O) groups excluding carboxylic acids is 1. The first-order valence-electron chi connectivity index (χ1n) is 9.77. The molecule has 1 atom stereocenters. The molecule has 2 aromatic heterocycles. The first kappa shape index (κ1) is 20.4. The predicted octanol–water partition coefficient (Wildman–Crippen LogP) is 4.48. The summed E-state index contributed by atoms with van der Waals surface area (Å²) >= 11 is 0. The average molecular weight is 419 g/mol. The molecule has 0 saturated carbocycles. The number of halogens is 2. The number of nitrogens with zero attached hydrogens (tertiary/aromatic N) is 5. The second-order valence-corrected chi connectivity index (χ2v) is 7.43. The monoisotopic (exact) mass is 419 g/mol. The Hall–Kier alpha value is -3.86. The van der Waals surface area contributed by atoms with Crippen LogP contribution in [0.5, 0.6) is 0 Å². The topological polar surface area (TPSA) is 74.3 Å². The van der Waals surface area contributed by atoms with Gasteiger partial charge in [-0.25, -0.2) is 18.8 Å². The number of aromatic nitrogens is 2. The van der Waals surface area contributed by atoms with E-state index in [0.717, 1.165) is 22.7 Å². The number of fused-ring (bicyclic) bond motifs is 1. The molecule has 4 rings (SSSR count). The second-order valence-electron chi connectivity index (χ2n) is 7.43. The van der Waals surface area contributed by atoms with Crippen molar-refractivity contribution in [3.8, 4) is 6.07 Å². The van der Waals surface area contributed by atoms with Crippen molar-refractivity contribution in [1.82, 2.24) is 14.6 Å². The van der Waals surface area contributed by atoms with Crippen molar-refractivity contribution < 1.29 is 13.6 Å². The Bertz CT molecular complexity index is 1220. The normalized spacial score (nSPS) is 15.4. The molecule has 1 aliphatic heterocycles. The Labute approximate surface area is 177 Å². The molecule has 1 unspecified atom stereocenters. The Morgan fingerprint density at radius 2 is 2.00 bits per heavy atom. The zero-order chi connectivity index (χ0) is 22.0. The van der Waals surface area contributed by atoms with Gasteiger partial charge in [0.25, 0.3) is 0 Å². The Balaban J connectivity index is 1.38. The quantitative estimate of drug-likeness (QED) is 0.553. The van der Waals surface area contributed by atoms with Crippen LogP contribution in [0, 0.1) is 23.0 Å². The van der Waals surface area contributed by atoms with Crippen LogP contribution >= 0.6 is 0 Å². The third-order valence-corrected chi connectivity index (χ3v) is 5.17. The molecule has 0 N–H and O–H groups in total. The van der Waals surface area contributed by atoms with Crippen molar-refractivity contribution in [3.05, 3.63) is 77.6 Å². The number of benzene rings is 1. The van der Waals surface area contributed by atoms with E-state index in [0.29, 0.717) is 30.5 Å². The van der Waals surface area contributed by atoms with Crippen LogP contribution in [0.4, 0.5) is 8.78 Å². The largest absolute Gasteiger partial charge is 0.328 e. The highest BCUT2D eigenvalue weighted by atomic mass is 19.1. The third-order valence-electron chi connectivity index (χ3n) is 5.17. The molecule has 1 aromatic carbocycles. The van der Waals surface area contributed by atoms with Gasteiger partial charge >= 0.3 is 0 Å². The van der Waals surface area contributed by atoms with Gasteiger partial charge in [0.15, 0.2) is 0 Å². The first-order chi connectivity index (χ1) is 14.9. The van der Waals surface area contributed by atoms with Crippen molar-refractivity contribution in [3.63, 3.8) is 0 Å². The number of hydrogen-bond donors (Lipinski definition) is 0. The van der Waals surface area contributed by atoms with Crippen LogP contribution in [-0.4, -0.2) is 26.7 Å². The van der Waals surface area contributed by atoms with E-state index in [-0.39, 0.29) is 12.3 Å². The van der Waals surface area contributed by atoms with Crippen molar-refractivity contribution in [2.45, 2.75) is 31.8 Å². The molecule has 0 bridgehead atoms. The number of amides is 1. The molecule has 0 spiro atoms. The maximum absolute atomic E-state index is 13.6. The van der Waals surface area contributed by atoms with E-state index >= 15 is 0 Å². The number of hydrogen-bond acceptors (Lipinski definition) is 4. The van der Waals surface area contributed by atoms with E-state index in [4.69, 9.17) is 5.26 Å². The molecule has 0 radical (unpaired) electrons. The summed E-state index contributed by atoms with van der Waals surface area (Å²) in [5.41, 5.74) is 2.44. The van der Waals surface area contributed by atoms with Gasteiger partial charge in [0, 0.05) is 49.4 Å². The van der Waals surface area contributed by atoms with E-state index in [9.17, 15) is 13.6 Å². The number of rotatable bonds is 6. The summed E-state index contributed by atoms with van der Waals surface area (Å²) in [6.07, 6.45) is 5.98. The summed E-state index contributed by atoms with van der Waals surface area (Å²) < 4.78 is 29.1. The number of carbonyl (C=O) groups is 1. The fraction of sp³-hybridized carbons (Fsp3) is 0.217. The van der Waals surface area contributed by atoms with Gasteiger partial charge in [-0.1, -0.05) is 12.2 Å². The van der Waals surface area contributed by atoms with Gasteiger partial charge in [-0.3, -0.25) is 4.79 Å². The molecular weight excluding hydrogens is 400 g/mol. The molecular formula is C23H19F2N5O. The van der Waals surface area contributed by atoms with Gasteiger partial charge < -0.3 is 4.57 Å². The predicted molar refractivity (Wildman–Crippen MR) is 112 cm³/mol. The highest BCUT2D eigenvalue weighted by Crippen LogP contribution is 2.30. The molecule has 0 aliphatic carbocycles. The lowest BCUT2D eigenvalue weighted by atomic mass is 10.0. The Morgan fingerprint density at radius 3 is 2.74 bits per heavy atom. The maximum atomic E-state index is 13.6. The lowest BCUT2D eigenvalue weighted by Gasteiger charge is -2.22. The van der Waals surface area contributed by atoms with Gasteiger partial charge in [-0.2, -0.15) is 10.4 Å². The molecule has 31 heavy (non-hydrogen) atoms. The van der Waals surface area contributed by atoms with Crippen LogP contribution in [0.2, 0.25) is 0 Å². The summed E-state index contributed by atoms with van der Waals surface area (Å²) in [4.78, 5) is 17.0. The Kier molecular flexibility index (Phi) is 5.58. The summed E-state index contributed by atoms with van der Waals surface area (Å²) in [6, 6.07) is 8.45. The zero-order valence-corrected chi connectivity index (χ0v) is 16.6. The van der Waals surface area contributed by atoms with Crippen LogP contribution in [0.25, 0.3) is 11.0 Å². The molecule has 6 nitrogen and oxygen atoms in total. The van der Waals surface area contributed by atoms with Crippen molar-refractivity contribution in [2.24, 2.45) is 5.10 Å². The van der Waals surface area contributed by atoms with Crippen LogP contribution in [0.15, 0.2) is 60.0 Å². The fourth-order valence-electron chi connectivity index (χ4n) is 3.68. The maximum Gasteiger partial charge on any atom is 0.243 e. The van der Waals surface area contributed by atoms with Crippen LogP contribution in [0.1, 0.15) is 36.4 Å². The fourth-order valence-corrected chi connectivity index (χ4v) is 3.68. The number of nitriles is 1. The van der Waals surface area contributed by atoms with Crippen LogP contribution in [-0.2, 0) is 11.3 Å². The molecule has 3 heterocycles. The van der Waals surface area contributed by atoms with Gasteiger partial charge in [-0.05, 0) is 36.2 Å². The van der Waals surface area contributed by atoms with E-state index in [2.05, 4.69) is 22.7 Å². The SMILES string of the molecule is C=C(CCC(=O)N1N=CCC1c1cc(F)cc(F)c1)Cn1ccc2cc(C#N)cnc21. The van der Waals surface area contributed by atoms with E-state index in [1.165, 1.54) is 23.3 Å². The summed E-state index contributed by atoms with van der Waals surface area (Å²) in [5.74, 6) is -1.60. The first-order valence-corrected chi connectivity index (χ1v) is 9.77. The minimum atomic E-state index is -0.683. The van der Waals surface area contributed by atoms with E-state index < -0.39 is 17.7 Å². The van der Waals surface area contributed by atoms with Crippen LogP contribution in [0.3, 0.4) is 0 Å². The molecule has 1 aliphatic rings. The number of pyridine rings is 1. The molecule has 156 valence electrons. The minimum absolute atomic E-state index is 0.176. The molecule has 0 fully saturated rings. The lowest BCUT2D eigenvalue weighted by Crippen LogP contribution is -2.27. The lowest BCUT2D eigenvalue weighted by molar-refractivity contribution is -0.133. The summed E-state index contributed by atoms with van der Waals surface area (Å²) in [6.45, 7) is 4.54.